The second-order valence-corrected chi connectivity index (χ2v) is 8.32. The summed E-state index contributed by atoms with van der Waals surface area (Å²) >= 11 is 0. The van der Waals surface area contributed by atoms with E-state index in [9.17, 15) is 5.11 Å². The molecule has 6 N–H and O–H groups in total. The van der Waals surface area contributed by atoms with Gasteiger partial charge in [-0.2, -0.15) is 0 Å². The monoisotopic (exact) mass is 407 g/mol. The Morgan fingerprint density at radius 1 is 1.27 bits per heavy atom. The molecular formula is C22H29N7O. The first kappa shape index (κ1) is 20.2. The molecule has 8 heteroatoms. The summed E-state index contributed by atoms with van der Waals surface area (Å²) in [5.41, 5.74) is 9.32. The molecule has 1 fully saturated rings. The van der Waals surface area contributed by atoms with Gasteiger partial charge in [0, 0.05) is 36.1 Å². The molecule has 0 bridgehead atoms. The average Bonchev–Trinajstić information content (AvgIpc) is 3.12. The van der Waals surface area contributed by atoms with E-state index >= 15 is 0 Å². The van der Waals surface area contributed by atoms with Crippen LogP contribution in [0, 0.1) is 12.3 Å². The van der Waals surface area contributed by atoms with Crippen molar-refractivity contribution in [3.05, 3.63) is 41.3 Å². The third-order valence-electron chi connectivity index (χ3n) is 5.91. The number of piperidine rings is 1. The normalized spacial score (nSPS) is 15.7. The highest BCUT2D eigenvalue weighted by Gasteiger charge is 2.24. The van der Waals surface area contributed by atoms with Gasteiger partial charge in [-0.15, -0.1) is 0 Å². The lowest BCUT2D eigenvalue weighted by atomic mass is 10.0. The molecule has 2 aromatic heterocycles. The molecule has 0 spiro atoms. The summed E-state index contributed by atoms with van der Waals surface area (Å²) in [4.78, 5) is 14.3. The van der Waals surface area contributed by atoms with Gasteiger partial charge < -0.3 is 26.0 Å². The molecule has 0 amide bonds. The van der Waals surface area contributed by atoms with Gasteiger partial charge in [0.1, 0.15) is 23.7 Å². The summed E-state index contributed by atoms with van der Waals surface area (Å²) in [6, 6.07) is 6.06. The number of phenolic OH excluding ortho intramolecular Hbond substituents is 1. The van der Waals surface area contributed by atoms with E-state index in [1.165, 1.54) is 6.33 Å². The highest BCUT2D eigenvalue weighted by molar-refractivity contribution is 6.16. The Morgan fingerprint density at radius 2 is 2.00 bits per heavy atom. The van der Waals surface area contributed by atoms with E-state index < -0.39 is 0 Å². The molecule has 158 valence electrons. The Bertz CT molecular complexity index is 1080. The second kappa shape index (κ2) is 7.95. The lowest BCUT2D eigenvalue weighted by molar-refractivity contribution is 0.177. The van der Waals surface area contributed by atoms with Crippen LogP contribution in [-0.4, -0.2) is 55.8 Å². The Morgan fingerprint density at radius 3 is 2.70 bits per heavy atom. The number of hydrogen-bond donors (Lipinski definition) is 5. The summed E-state index contributed by atoms with van der Waals surface area (Å²) in [6.45, 7) is 8.43. The predicted octanol–water partition coefficient (Wildman–Crippen LogP) is 3.25. The fourth-order valence-corrected chi connectivity index (χ4v) is 4.18. The van der Waals surface area contributed by atoms with Crippen LogP contribution < -0.4 is 11.1 Å². The molecule has 1 aliphatic rings. The first-order valence-electron chi connectivity index (χ1n) is 10.4. The number of nitrogens with one attached hydrogen (secondary N) is 3. The van der Waals surface area contributed by atoms with Crippen LogP contribution in [-0.2, 0) is 0 Å². The van der Waals surface area contributed by atoms with Gasteiger partial charge in [0.05, 0.1) is 17.0 Å². The maximum Gasteiger partial charge on any atom is 0.141 e. The SMILES string of the molecule is Cc1cc(O)cc2cc(C(=N)c3c(N)ncnc3NC3CCN(C(C)C)CC3)[nH]c12. The van der Waals surface area contributed by atoms with E-state index in [2.05, 4.69) is 39.0 Å². The van der Waals surface area contributed by atoms with Crippen LogP contribution in [0.3, 0.4) is 0 Å². The Labute approximate surface area is 176 Å². The van der Waals surface area contributed by atoms with Gasteiger partial charge in [-0.05, 0) is 57.4 Å². The number of aryl methyl sites for hydroxylation is 1. The first-order chi connectivity index (χ1) is 14.3. The van der Waals surface area contributed by atoms with Crippen LogP contribution in [0.5, 0.6) is 5.75 Å². The zero-order valence-corrected chi connectivity index (χ0v) is 17.7. The van der Waals surface area contributed by atoms with Crippen molar-refractivity contribution in [2.75, 3.05) is 24.1 Å². The molecule has 30 heavy (non-hydrogen) atoms. The second-order valence-electron chi connectivity index (χ2n) is 8.32. The standard InChI is InChI=1S/C22H29N7O/c1-12(2)29-6-4-15(5-7-29)27-22-18(21(24)25-11-26-22)19(23)17-10-14-9-16(30)8-13(3)20(14)28-17/h8-12,15,23,28,30H,4-7H2,1-3H3,(H3,24,25,26,27). The largest absolute Gasteiger partial charge is 0.508 e. The summed E-state index contributed by atoms with van der Waals surface area (Å²) < 4.78 is 0. The number of nitrogen functional groups attached to an aromatic ring is 1. The molecule has 0 atom stereocenters. The Hall–Kier alpha value is -3.13. The molecule has 4 rings (SSSR count). The van der Waals surface area contributed by atoms with Crippen LogP contribution in [0.25, 0.3) is 10.9 Å². The summed E-state index contributed by atoms with van der Waals surface area (Å²) in [6.07, 6.45) is 3.46. The Balaban J connectivity index is 1.62. The molecule has 0 radical (unpaired) electrons. The number of hydrogen-bond acceptors (Lipinski definition) is 7. The minimum atomic E-state index is 0.203. The number of nitrogens with zero attached hydrogens (tertiary/aromatic N) is 3. The zero-order valence-electron chi connectivity index (χ0n) is 17.7. The number of aromatic amines is 1. The van der Waals surface area contributed by atoms with E-state index in [1.807, 2.05) is 13.0 Å². The highest BCUT2D eigenvalue weighted by atomic mass is 16.3. The third kappa shape index (κ3) is 3.82. The number of fused-ring (bicyclic) bond motifs is 1. The third-order valence-corrected chi connectivity index (χ3v) is 5.91. The summed E-state index contributed by atoms with van der Waals surface area (Å²) in [7, 11) is 0. The van der Waals surface area contributed by atoms with Crippen molar-refractivity contribution in [3.8, 4) is 5.75 Å². The molecule has 0 saturated carbocycles. The fraction of sp³-hybridized carbons (Fsp3) is 0.409. The molecule has 3 heterocycles. The molecule has 3 aromatic rings. The van der Waals surface area contributed by atoms with E-state index in [1.54, 1.807) is 12.1 Å². The molecular weight excluding hydrogens is 378 g/mol. The van der Waals surface area contributed by atoms with Gasteiger partial charge in [0.2, 0.25) is 0 Å². The molecule has 8 nitrogen and oxygen atoms in total. The van der Waals surface area contributed by atoms with Crippen LogP contribution >= 0.6 is 0 Å². The number of nitrogens with two attached hydrogens (primary N) is 1. The lowest BCUT2D eigenvalue weighted by Crippen LogP contribution is -2.42. The number of H-pyrrole nitrogens is 1. The highest BCUT2D eigenvalue weighted by Crippen LogP contribution is 2.28. The van der Waals surface area contributed by atoms with Crippen molar-refractivity contribution in [2.24, 2.45) is 0 Å². The quantitative estimate of drug-likeness (QED) is 0.413. The number of aromatic nitrogens is 3. The topological polar surface area (TPSA) is 127 Å². The minimum absolute atomic E-state index is 0.203. The minimum Gasteiger partial charge on any atom is -0.508 e. The number of rotatable bonds is 5. The smallest absolute Gasteiger partial charge is 0.141 e. The number of benzene rings is 1. The summed E-state index contributed by atoms with van der Waals surface area (Å²) in [5.74, 6) is 1.07. The van der Waals surface area contributed by atoms with Crippen molar-refractivity contribution in [1.82, 2.24) is 19.9 Å². The van der Waals surface area contributed by atoms with Crippen LogP contribution in [0.4, 0.5) is 11.6 Å². The maximum atomic E-state index is 9.88. The van der Waals surface area contributed by atoms with Crippen LogP contribution in [0.15, 0.2) is 24.5 Å². The van der Waals surface area contributed by atoms with E-state index in [0.29, 0.717) is 23.1 Å². The van der Waals surface area contributed by atoms with Crippen LogP contribution in [0.1, 0.15) is 43.5 Å². The zero-order chi connectivity index (χ0) is 21.4. The van der Waals surface area contributed by atoms with Crippen LogP contribution in [0.2, 0.25) is 0 Å². The lowest BCUT2D eigenvalue weighted by Gasteiger charge is -2.35. The number of aromatic hydroxyl groups is 1. The van der Waals surface area contributed by atoms with E-state index in [0.717, 1.165) is 42.4 Å². The van der Waals surface area contributed by atoms with Crippen molar-refractivity contribution < 1.29 is 5.11 Å². The van der Waals surface area contributed by atoms with Gasteiger partial charge in [-0.1, -0.05) is 0 Å². The number of likely N-dealkylation sites (tertiary alicyclic amines) is 1. The van der Waals surface area contributed by atoms with Gasteiger partial charge >= 0.3 is 0 Å². The molecule has 0 unspecified atom stereocenters. The number of phenols is 1. The predicted molar refractivity (Wildman–Crippen MR) is 120 cm³/mol. The average molecular weight is 408 g/mol. The molecule has 1 aromatic carbocycles. The van der Waals surface area contributed by atoms with Crippen molar-refractivity contribution >= 4 is 28.3 Å². The first-order valence-corrected chi connectivity index (χ1v) is 10.4. The fourth-order valence-electron chi connectivity index (χ4n) is 4.18. The van der Waals surface area contributed by atoms with Gasteiger partial charge in [0.15, 0.2) is 0 Å². The van der Waals surface area contributed by atoms with E-state index in [4.69, 9.17) is 11.1 Å². The summed E-state index contributed by atoms with van der Waals surface area (Å²) in [5, 5.41) is 23.0. The van der Waals surface area contributed by atoms with Gasteiger partial charge in [-0.25, -0.2) is 9.97 Å². The van der Waals surface area contributed by atoms with Gasteiger partial charge in [0.25, 0.3) is 0 Å². The van der Waals surface area contributed by atoms with Gasteiger partial charge in [-0.3, -0.25) is 5.41 Å². The number of anilines is 2. The Kier molecular flexibility index (Phi) is 5.34. The molecule has 1 saturated heterocycles. The molecule has 1 aliphatic heterocycles. The van der Waals surface area contributed by atoms with Crippen molar-refractivity contribution in [3.63, 3.8) is 0 Å². The van der Waals surface area contributed by atoms with Crippen molar-refractivity contribution in [2.45, 2.75) is 45.7 Å². The van der Waals surface area contributed by atoms with Crippen molar-refractivity contribution in [1.29, 1.82) is 5.41 Å². The van der Waals surface area contributed by atoms with E-state index in [-0.39, 0.29) is 23.3 Å². The molecule has 0 aliphatic carbocycles. The maximum absolute atomic E-state index is 9.88.